The van der Waals surface area contributed by atoms with Crippen molar-refractivity contribution in [3.8, 4) is 0 Å². The molecule has 0 aromatic heterocycles. The number of nitrogens with one attached hydrogen (secondary N) is 1. The molecule has 76 valence electrons. The summed E-state index contributed by atoms with van der Waals surface area (Å²) in [5.74, 6) is 1.30. The lowest BCUT2D eigenvalue weighted by atomic mass is 10.2. The average molecular weight is 194 g/mol. The van der Waals surface area contributed by atoms with E-state index < -0.39 is 0 Å². The lowest BCUT2D eigenvalue weighted by molar-refractivity contribution is 0.628. The van der Waals surface area contributed by atoms with Crippen LogP contribution in [-0.4, -0.2) is 6.54 Å². The van der Waals surface area contributed by atoms with E-state index in [-0.39, 0.29) is 5.82 Å². The molecule has 1 aliphatic carbocycles. The lowest BCUT2D eigenvalue weighted by Gasteiger charge is -2.08. The van der Waals surface area contributed by atoms with Gasteiger partial charge < -0.3 is 11.1 Å². The number of hydrogen-bond acceptors (Lipinski definition) is 2. The summed E-state index contributed by atoms with van der Waals surface area (Å²) in [5.41, 5.74) is 6.98. The molecule has 0 saturated heterocycles. The van der Waals surface area contributed by atoms with E-state index >= 15 is 0 Å². The fourth-order valence-corrected chi connectivity index (χ4v) is 1.62. The molecule has 0 radical (unpaired) electrons. The first kappa shape index (κ1) is 9.31. The second-order valence-electron chi connectivity index (χ2n) is 4.09. The maximum absolute atomic E-state index is 12.7. The Kier molecular flexibility index (Phi) is 2.32. The van der Waals surface area contributed by atoms with E-state index in [2.05, 4.69) is 12.2 Å². The highest BCUT2D eigenvalue weighted by atomic mass is 19.1. The Hall–Kier alpha value is -1.25. The van der Waals surface area contributed by atoms with Crippen molar-refractivity contribution in [2.45, 2.75) is 13.3 Å². The van der Waals surface area contributed by atoms with Crippen LogP contribution in [0.5, 0.6) is 0 Å². The fraction of sp³-hybridized carbons (Fsp3) is 0.455. The van der Waals surface area contributed by atoms with Crippen molar-refractivity contribution >= 4 is 11.4 Å². The van der Waals surface area contributed by atoms with Crippen molar-refractivity contribution in [2.75, 3.05) is 17.6 Å². The smallest absolute Gasteiger partial charge is 0.125 e. The number of nitrogen functional groups attached to an aromatic ring is 1. The molecule has 2 nitrogen and oxygen atoms in total. The van der Waals surface area contributed by atoms with Crippen LogP contribution in [0.3, 0.4) is 0 Å². The van der Waals surface area contributed by atoms with E-state index in [1.165, 1.54) is 18.6 Å². The molecular weight excluding hydrogens is 179 g/mol. The molecule has 2 atom stereocenters. The molecular formula is C11H15FN2. The van der Waals surface area contributed by atoms with Gasteiger partial charge in [-0.05, 0) is 36.5 Å². The van der Waals surface area contributed by atoms with Crippen LogP contribution >= 0.6 is 0 Å². The van der Waals surface area contributed by atoms with Crippen molar-refractivity contribution in [1.29, 1.82) is 0 Å². The van der Waals surface area contributed by atoms with Crippen LogP contribution in [0.1, 0.15) is 13.3 Å². The molecule has 14 heavy (non-hydrogen) atoms. The number of benzene rings is 1. The van der Waals surface area contributed by atoms with Crippen LogP contribution in [0, 0.1) is 17.7 Å². The third kappa shape index (κ3) is 1.97. The minimum absolute atomic E-state index is 0.284. The Labute approximate surface area is 83.3 Å². The molecule has 0 aliphatic heterocycles. The molecule has 2 unspecified atom stereocenters. The Bertz CT molecular complexity index is 338. The standard InChI is InChI=1S/C11H15FN2/c1-7-4-8(7)6-14-11-3-2-9(12)5-10(11)13/h2-3,5,7-8,14H,4,6,13H2,1H3. The highest BCUT2D eigenvalue weighted by Gasteiger charge is 2.31. The van der Waals surface area contributed by atoms with E-state index in [1.54, 1.807) is 6.07 Å². The zero-order valence-electron chi connectivity index (χ0n) is 8.26. The zero-order chi connectivity index (χ0) is 10.1. The van der Waals surface area contributed by atoms with Crippen LogP contribution in [0.25, 0.3) is 0 Å². The highest BCUT2D eigenvalue weighted by Crippen LogP contribution is 2.37. The summed E-state index contributed by atoms with van der Waals surface area (Å²) in [5, 5.41) is 3.24. The molecule has 0 heterocycles. The van der Waals surface area contributed by atoms with Gasteiger partial charge in [-0.2, -0.15) is 0 Å². The van der Waals surface area contributed by atoms with Gasteiger partial charge in [0.05, 0.1) is 11.4 Å². The van der Waals surface area contributed by atoms with E-state index in [0.29, 0.717) is 5.69 Å². The molecule has 3 heteroatoms. The lowest BCUT2D eigenvalue weighted by Crippen LogP contribution is -2.06. The fourth-order valence-electron chi connectivity index (χ4n) is 1.62. The van der Waals surface area contributed by atoms with E-state index in [0.717, 1.165) is 24.1 Å². The minimum Gasteiger partial charge on any atom is -0.397 e. The number of anilines is 2. The van der Waals surface area contributed by atoms with Gasteiger partial charge in [0.2, 0.25) is 0 Å². The third-order valence-corrected chi connectivity index (χ3v) is 2.84. The Balaban J connectivity index is 1.95. The normalized spacial score (nSPS) is 24.7. The molecule has 1 aromatic rings. The van der Waals surface area contributed by atoms with Gasteiger partial charge in [-0.15, -0.1) is 0 Å². The number of hydrogen-bond donors (Lipinski definition) is 2. The monoisotopic (exact) mass is 194 g/mol. The van der Waals surface area contributed by atoms with Gasteiger partial charge >= 0.3 is 0 Å². The van der Waals surface area contributed by atoms with Crippen LogP contribution in [-0.2, 0) is 0 Å². The van der Waals surface area contributed by atoms with Crippen LogP contribution < -0.4 is 11.1 Å². The van der Waals surface area contributed by atoms with Gasteiger partial charge in [0.1, 0.15) is 5.82 Å². The average Bonchev–Trinajstić information content (AvgIpc) is 2.80. The zero-order valence-corrected chi connectivity index (χ0v) is 8.26. The van der Waals surface area contributed by atoms with Crippen LogP contribution in [0.2, 0.25) is 0 Å². The molecule has 0 amide bonds. The molecule has 1 saturated carbocycles. The minimum atomic E-state index is -0.284. The number of nitrogens with two attached hydrogens (primary N) is 1. The predicted octanol–water partition coefficient (Wildman–Crippen LogP) is 2.48. The summed E-state index contributed by atoms with van der Waals surface area (Å²) in [7, 11) is 0. The Morgan fingerprint density at radius 1 is 1.57 bits per heavy atom. The van der Waals surface area contributed by atoms with Gasteiger partial charge in [-0.3, -0.25) is 0 Å². The third-order valence-electron chi connectivity index (χ3n) is 2.84. The molecule has 1 fully saturated rings. The highest BCUT2D eigenvalue weighted by molar-refractivity contribution is 5.65. The topological polar surface area (TPSA) is 38.0 Å². The summed E-state index contributed by atoms with van der Waals surface area (Å²) in [6.45, 7) is 3.18. The molecule has 2 rings (SSSR count). The summed E-state index contributed by atoms with van der Waals surface area (Å²) >= 11 is 0. The van der Waals surface area contributed by atoms with Gasteiger partial charge in [0.25, 0.3) is 0 Å². The molecule has 0 spiro atoms. The molecule has 0 bridgehead atoms. The predicted molar refractivity (Wildman–Crippen MR) is 56.6 cm³/mol. The second kappa shape index (κ2) is 3.48. The van der Waals surface area contributed by atoms with E-state index in [9.17, 15) is 4.39 Å². The number of halogens is 1. The quantitative estimate of drug-likeness (QED) is 0.725. The Morgan fingerprint density at radius 2 is 2.29 bits per heavy atom. The molecule has 3 N–H and O–H groups in total. The summed E-state index contributed by atoms with van der Waals surface area (Å²) in [4.78, 5) is 0. The van der Waals surface area contributed by atoms with Crippen molar-refractivity contribution in [1.82, 2.24) is 0 Å². The maximum atomic E-state index is 12.7. The molecule has 1 aromatic carbocycles. The summed E-state index contributed by atoms with van der Waals surface area (Å²) in [6.07, 6.45) is 1.29. The first-order valence-corrected chi connectivity index (χ1v) is 4.95. The van der Waals surface area contributed by atoms with Gasteiger partial charge in [0.15, 0.2) is 0 Å². The summed E-state index contributed by atoms with van der Waals surface area (Å²) in [6, 6.07) is 4.46. The second-order valence-corrected chi connectivity index (χ2v) is 4.09. The van der Waals surface area contributed by atoms with Crippen molar-refractivity contribution < 1.29 is 4.39 Å². The molecule has 1 aliphatic rings. The summed E-state index contributed by atoms with van der Waals surface area (Å²) < 4.78 is 12.7. The van der Waals surface area contributed by atoms with Gasteiger partial charge in [-0.1, -0.05) is 6.92 Å². The van der Waals surface area contributed by atoms with Crippen molar-refractivity contribution in [3.05, 3.63) is 24.0 Å². The first-order chi connectivity index (χ1) is 6.66. The van der Waals surface area contributed by atoms with Crippen LogP contribution in [0.15, 0.2) is 18.2 Å². The van der Waals surface area contributed by atoms with Crippen molar-refractivity contribution in [2.24, 2.45) is 11.8 Å². The Morgan fingerprint density at radius 3 is 2.86 bits per heavy atom. The van der Waals surface area contributed by atoms with Crippen molar-refractivity contribution in [3.63, 3.8) is 0 Å². The van der Waals surface area contributed by atoms with E-state index in [4.69, 9.17) is 5.73 Å². The SMILES string of the molecule is CC1CC1CNc1ccc(F)cc1N. The number of rotatable bonds is 3. The maximum Gasteiger partial charge on any atom is 0.125 e. The van der Waals surface area contributed by atoms with Gasteiger partial charge in [0, 0.05) is 6.54 Å². The van der Waals surface area contributed by atoms with Gasteiger partial charge in [-0.25, -0.2) is 4.39 Å². The first-order valence-electron chi connectivity index (χ1n) is 4.95. The largest absolute Gasteiger partial charge is 0.397 e. The van der Waals surface area contributed by atoms with Crippen LogP contribution in [0.4, 0.5) is 15.8 Å². The van der Waals surface area contributed by atoms with E-state index in [1.807, 2.05) is 0 Å².